The van der Waals surface area contributed by atoms with Crippen molar-refractivity contribution >= 4 is 11.9 Å². The van der Waals surface area contributed by atoms with E-state index in [9.17, 15) is 9.59 Å². The number of ether oxygens (including phenoxy) is 3. The minimum absolute atomic E-state index is 0.00430. The summed E-state index contributed by atoms with van der Waals surface area (Å²) in [5, 5.41) is 0. The summed E-state index contributed by atoms with van der Waals surface area (Å²) in [6.07, 6.45) is 21.9. The van der Waals surface area contributed by atoms with E-state index < -0.39 is 0 Å². The number of fused-ring (bicyclic) bond motifs is 5. The Labute approximate surface area is 275 Å². The summed E-state index contributed by atoms with van der Waals surface area (Å²) < 4.78 is 17.3. The molecular formula is C40H66O5. The van der Waals surface area contributed by atoms with Crippen molar-refractivity contribution in [3.8, 4) is 0 Å². The predicted octanol–water partition coefficient (Wildman–Crippen LogP) is 9.86. The van der Waals surface area contributed by atoms with Crippen molar-refractivity contribution in [2.24, 2.45) is 52.3 Å². The molecule has 0 aliphatic heterocycles. The lowest BCUT2D eigenvalue weighted by Crippen LogP contribution is -2.51. The fourth-order valence-corrected chi connectivity index (χ4v) is 11.1. The third-order valence-electron chi connectivity index (χ3n) is 13.8. The maximum absolute atomic E-state index is 12.3. The lowest BCUT2D eigenvalue weighted by molar-refractivity contribution is -0.157. The molecule has 0 aromatic heterocycles. The summed E-state index contributed by atoms with van der Waals surface area (Å²) >= 11 is 0. The fraction of sp³-hybridized carbons (Fsp3) is 0.900. The van der Waals surface area contributed by atoms with Gasteiger partial charge in [0.25, 0.3) is 0 Å². The second-order valence-electron chi connectivity index (χ2n) is 17.0. The molecule has 0 spiro atoms. The van der Waals surface area contributed by atoms with E-state index in [1.807, 2.05) is 0 Å². The Balaban J connectivity index is 1.04. The van der Waals surface area contributed by atoms with Crippen LogP contribution in [0.3, 0.4) is 0 Å². The van der Waals surface area contributed by atoms with Gasteiger partial charge < -0.3 is 14.2 Å². The SMILES string of the molecule is CC(C)CCC[C@@H](C)[C@H]1CCC2C3CC=C4C[C@@H](OCCOC(=O)CCC(=O)OC5CCCC[C@@H]5C)CC[C@]4(C)C3CC[C@@]21C. The highest BCUT2D eigenvalue weighted by molar-refractivity contribution is 5.77. The van der Waals surface area contributed by atoms with Crippen molar-refractivity contribution in [1.29, 1.82) is 0 Å². The molecule has 4 saturated carbocycles. The lowest BCUT2D eigenvalue weighted by Gasteiger charge is -2.58. The first-order valence-electron chi connectivity index (χ1n) is 19.2. The van der Waals surface area contributed by atoms with Crippen LogP contribution in [0.15, 0.2) is 11.6 Å². The molecule has 256 valence electrons. The van der Waals surface area contributed by atoms with Crippen LogP contribution in [-0.2, 0) is 23.8 Å². The van der Waals surface area contributed by atoms with E-state index in [2.05, 4.69) is 47.6 Å². The Morgan fingerprint density at radius 2 is 1.67 bits per heavy atom. The molecule has 4 unspecified atom stereocenters. The standard InChI is InChI=1S/C40H66O5/c1-27(2)10-9-12-28(3)33-16-17-34-32-15-14-30-26-31(20-22-39(30,5)35(32)21-23-40(33,34)6)43-24-25-44-37(41)18-19-38(42)45-36-13-8-7-11-29(36)4/h14,27-29,31-36H,7-13,15-26H2,1-6H3/t28-,29+,31+,32?,33-,34?,35?,36?,39+,40-/m1/s1. The highest BCUT2D eigenvalue weighted by Gasteiger charge is 2.59. The molecule has 0 heterocycles. The summed E-state index contributed by atoms with van der Waals surface area (Å²) in [6, 6.07) is 0. The second-order valence-corrected chi connectivity index (χ2v) is 17.0. The number of allylic oxidation sites excluding steroid dienone is 1. The average molecular weight is 627 g/mol. The second kappa shape index (κ2) is 15.2. The third kappa shape index (κ3) is 8.03. The van der Waals surface area contributed by atoms with Gasteiger partial charge in [0.1, 0.15) is 12.7 Å². The molecule has 0 aromatic rings. The van der Waals surface area contributed by atoms with Crippen molar-refractivity contribution in [2.45, 2.75) is 163 Å². The van der Waals surface area contributed by atoms with Gasteiger partial charge >= 0.3 is 11.9 Å². The third-order valence-corrected chi connectivity index (χ3v) is 13.8. The summed E-state index contributed by atoms with van der Waals surface area (Å²) in [4.78, 5) is 24.5. The van der Waals surface area contributed by atoms with Gasteiger partial charge in [-0.25, -0.2) is 0 Å². The van der Waals surface area contributed by atoms with Crippen molar-refractivity contribution in [2.75, 3.05) is 13.2 Å². The predicted molar refractivity (Wildman–Crippen MR) is 180 cm³/mol. The molecule has 0 amide bonds. The molecule has 10 atom stereocenters. The van der Waals surface area contributed by atoms with Gasteiger partial charge in [-0.3, -0.25) is 9.59 Å². The number of hydrogen-bond donors (Lipinski definition) is 0. The molecule has 45 heavy (non-hydrogen) atoms. The summed E-state index contributed by atoms with van der Waals surface area (Å²) in [5.41, 5.74) is 2.50. The molecule has 0 bridgehead atoms. The molecular weight excluding hydrogens is 560 g/mol. The summed E-state index contributed by atoms with van der Waals surface area (Å²) in [6.45, 7) is 15.4. The van der Waals surface area contributed by atoms with Crippen LogP contribution < -0.4 is 0 Å². The molecule has 5 nitrogen and oxygen atoms in total. The summed E-state index contributed by atoms with van der Waals surface area (Å²) in [7, 11) is 0. The van der Waals surface area contributed by atoms with E-state index in [1.54, 1.807) is 5.57 Å². The lowest BCUT2D eigenvalue weighted by atomic mass is 9.47. The van der Waals surface area contributed by atoms with Crippen molar-refractivity contribution in [3.63, 3.8) is 0 Å². The molecule has 5 aliphatic rings. The quantitative estimate of drug-likeness (QED) is 0.116. The van der Waals surface area contributed by atoms with Gasteiger partial charge in [-0.15, -0.1) is 0 Å². The number of rotatable bonds is 13. The van der Waals surface area contributed by atoms with Gasteiger partial charge in [0.15, 0.2) is 0 Å². The van der Waals surface area contributed by atoms with Crippen molar-refractivity contribution in [3.05, 3.63) is 11.6 Å². The first-order chi connectivity index (χ1) is 21.5. The van der Waals surface area contributed by atoms with Crippen LogP contribution in [-0.4, -0.2) is 37.4 Å². The van der Waals surface area contributed by atoms with Crippen LogP contribution in [0.25, 0.3) is 0 Å². The first kappa shape index (κ1) is 35.0. The van der Waals surface area contributed by atoms with E-state index >= 15 is 0 Å². The highest BCUT2D eigenvalue weighted by atomic mass is 16.6. The Hall–Kier alpha value is -1.36. The van der Waals surface area contributed by atoms with E-state index in [1.165, 1.54) is 64.2 Å². The smallest absolute Gasteiger partial charge is 0.306 e. The zero-order valence-electron chi connectivity index (χ0n) is 29.7. The molecule has 0 saturated heterocycles. The van der Waals surface area contributed by atoms with Gasteiger partial charge in [-0.05, 0) is 123 Å². The average Bonchev–Trinajstić information content (AvgIpc) is 3.36. The zero-order chi connectivity index (χ0) is 32.2. The highest BCUT2D eigenvalue weighted by Crippen LogP contribution is 2.67. The van der Waals surface area contributed by atoms with Crippen LogP contribution in [0.2, 0.25) is 0 Å². The monoisotopic (exact) mass is 626 g/mol. The van der Waals surface area contributed by atoms with Crippen LogP contribution in [0, 0.1) is 52.3 Å². The molecule has 4 fully saturated rings. The van der Waals surface area contributed by atoms with Gasteiger partial charge in [-0.1, -0.05) is 78.9 Å². The normalized spacial score (nSPS) is 38.5. The van der Waals surface area contributed by atoms with Crippen LogP contribution in [0.4, 0.5) is 0 Å². The minimum atomic E-state index is -0.340. The van der Waals surface area contributed by atoms with E-state index in [4.69, 9.17) is 14.2 Å². The molecule has 5 rings (SSSR count). The van der Waals surface area contributed by atoms with E-state index in [0.717, 1.165) is 67.6 Å². The van der Waals surface area contributed by atoms with Crippen molar-refractivity contribution in [1.82, 2.24) is 0 Å². The molecule has 0 aromatic carbocycles. The number of hydrogen-bond acceptors (Lipinski definition) is 5. The maximum Gasteiger partial charge on any atom is 0.306 e. The fourth-order valence-electron chi connectivity index (χ4n) is 11.1. The van der Waals surface area contributed by atoms with E-state index in [-0.39, 0.29) is 43.6 Å². The number of carbonyl (C=O) groups is 2. The van der Waals surface area contributed by atoms with Gasteiger partial charge in [-0.2, -0.15) is 0 Å². The molecule has 0 N–H and O–H groups in total. The largest absolute Gasteiger partial charge is 0.463 e. The maximum atomic E-state index is 12.3. The van der Waals surface area contributed by atoms with Crippen molar-refractivity contribution < 1.29 is 23.8 Å². The topological polar surface area (TPSA) is 61.8 Å². The van der Waals surface area contributed by atoms with Gasteiger partial charge in [0, 0.05) is 0 Å². The molecule has 5 heteroatoms. The molecule has 0 radical (unpaired) electrons. The Morgan fingerprint density at radius 3 is 2.44 bits per heavy atom. The van der Waals surface area contributed by atoms with Crippen LogP contribution >= 0.6 is 0 Å². The van der Waals surface area contributed by atoms with E-state index in [0.29, 0.717) is 23.4 Å². The van der Waals surface area contributed by atoms with Gasteiger partial charge in [0.2, 0.25) is 0 Å². The Morgan fingerprint density at radius 1 is 0.889 bits per heavy atom. The van der Waals surface area contributed by atoms with Crippen LogP contribution in [0.5, 0.6) is 0 Å². The number of esters is 2. The Bertz CT molecular complexity index is 1030. The minimum Gasteiger partial charge on any atom is -0.463 e. The first-order valence-corrected chi connectivity index (χ1v) is 19.2. The zero-order valence-corrected chi connectivity index (χ0v) is 29.7. The van der Waals surface area contributed by atoms with Crippen LogP contribution in [0.1, 0.15) is 151 Å². The molecule has 5 aliphatic carbocycles. The summed E-state index contributed by atoms with van der Waals surface area (Å²) in [5.74, 6) is 4.95. The van der Waals surface area contributed by atoms with Gasteiger partial charge in [0.05, 0.1) is 25.6 Å². The number of carbonyl (C=O) groups excluding carboxylic acids is 2. The Kier molecular flexibility index (Phi) is 11.8.